The highest BCUT2D eigenvalue weighted by atomic mass is 16.5. The third kappa shape index (κ3) is 3.58. The van der Waals surface area contributed by atoms with Crippen molar-refractivity contribution < 1.29 is 18.9 Å². The molecule has 1 aliphatic rings. The largest absolute Gasteiger partial charge is 0.369 e. The molecule has 1 fully saturated rings. The quantitative estimate of drug-likeness (QED) is 0.850. The van der Waals surface area contributed by atoms with Crippen molar-refractivity contribution >= 4 is 17.7 Å². The van der Waals surface area contributed by atoms with Crippen LogP contribution in [-0.2, 0) is 9.59 Å². The maximum atomic E-state index is 12.6. The minimum Gasteiger partial charge on any atom is -0.369 e. The first-order valence-corrected chi connectivity index (χ1v) is 7.80. The minimum atomic E-state index is -0.999. The number of carbonyl (C=O) groups is 3. The van der Waals surface area contributed by atoms with Gasteiger partial charge in [-0.3, -0.25) is 14.4 Å². The van der Waals surface area contributed by atoms with E-state index in [1.807, 2.05) is 0 Å². The molecular formula is C16H23N4O4. The Morgan fingerprint density at radius 2 is 1.67 bits per heavy atom. The van der Waals surface area contributed by atoms with Crippen molar-refractivity contribution in [2.75, 3.05) is 26.2 Å². The smallest absolute Gasteiger partial charge is 0.259 e. The third-order valence-corrected chi connectivity index (χ3v) is 4.25. The van der Waals surface area contributed by atoms with Crippen LogP contribution in [0, 0.1) is 25.7 Å². The van der Waals surface area contributed by atoms with Crippen LogP contribution >= 0.6 is 0 Å². The summed E-state index contributed by atoms with van der Waals surface area (Å²) < 4.78 is 5.03. The van der Waals surface area contributed by atoms with Crippen molar-refractivity contribution in [2.24, 2.45) is 11.1 Å². The second-order valence-electron chi connectivity index (χ2n) is 6.55. The van der Waals surface area contributed by atoms with Gasteiger partial charge in [0.25, 0.3) is 5.91 Å². The Hall–Kier alpha value is -2.38. The third-order valence-electron chi connectivity index (χ3n) is 4.25. The maximum absolute atomic E-state index is 12.6. The van der Waals surface area contributed by atoms with Gasteiger partial charge in [-0.25, -0.2) is 0 Å². The molecule has 0 atom stereocenters. The monoisotopic (exact) mass is 335 g/mol. The molecule has 0 saturated carbocycles. The van der Waals surface area contributed by atoms with Crippen molar-refractivity contribution in [1.29, 1.82) is 0 Å². The molecule has 1 aliphatic heterocycles. The Balaban J connectivity index is 1.95. The number of piperazine rings is 1. The zero-order valence-electron chi connectivity index (χ0n) is 14.5. The summed E-state index contributed by atoms with van der Waals surface area (Å²) in [5.41, 5.74) is 5.33. The Labute approximate surface area is 140 Å². The van der Waals surface area contributed by atoms with Crippen molar-refractivity contribution in [1.82, 2.24) is 15.0 Å². The second-order valence-corrected chi connectivity index (χ2v) is 6.55. The Bertz CT molecular complexity index is 638. The van der Waals surface area contributed by atoms with Crippen molar-refractivity contribution in [3.05, 3.63) is 23.4 Å². The molecule has 0 spiro atoms. The summed E-state index contributed by atoms with van der Waals surface area (Å²) in [6, 6.07) is 0. The first kappa shape index (κ1) is 18.0. The predicted octanol–water partition coefficient (Wildman–Crippen LogP) is 0.292. The van der Waals surface area contributed by atoms with Crippen LogP contribution in [-0.4, -0.2) is 58.9 Å². The van der Waals surface area contributed by atoms with Crippen LogP contribution in [0.3, 0.4) is 0 Å². The molecule has 8 nitrogen and oxygen atoms in total. The first-order chi connectivity index (χ1) is 11.1. The van der Waals surface area contributed by atoms with Crippen LogP contribution in [0.15, 0.2) is 4.52 Å². The highest BCUT2D eigenvalue weighted by Gasteiger charge is 2.33. The zero-order chi connectivity index (χ0) is 18.1. The minimum absolute atomic E-state index is 0.139. The topological polar surface area (TPSA) is 110 Å². The molecular weight excluding hydrogens is 312 g/mol. The molecule has 0 aromatic carbocycles. The standard InChI is InChI=1S/C16H23N4O4/c1-10-13(11(2)24-18-10)14(22)20-7-5-19(6-8-20)12(21)9-16(3,4)15(17)23/h9H,5-8H2,1-4H3,(H2,17,23). The predicted molar refractivity (Wildman–Crippen MR) is 85.7 cm³/mol. The van der Waals surface area contributed by atoms with Crippen LogP contribution in [0.1, 0.15) is 35.7 Å². The number of aromatic nitrogens is 1. The molecule has 1 aromatic rings. The van der Waals surface area contributed by atoms with Gasteiger partial charge in [-0.15, -0.1) is 0 Å². The number of primary amides is 1. The molecule has 0 unspecified atom stereocenters. The van der Waals surface area contributed by atoms with Crippen molar-refractivity contribution in [2.45, 2.75) is 27.7 Å². The van der Waals surface area contributed by atoms with E-state index >= 15 is 0 Å². The van der Waals surface area contributed by atoms with Gasteiger partial charge in [-0.2, -0.15) is 0 Å². The van der Waals surface area contributed by atoms with Gasteiger partial charge in [0, 0.05) is 26.2 Å². The van der Waals surface area contributed by atoms with Crippen molar-refractivity contribution in [3.8, 4) is 0 Å². The average molecular weight is 335 g/mol. The van der Waals surface area contributed by atoms with E-state index in [-0.39, 0.29) is 11.8 Å². The number of hydrogen-bond donors (Lipinski definition) is 1. The van der Waals surface area contributed by atoms with E-state index in [2.05, 4.69) is 5.16 Å². The van der Waals surface area contributed by atoms with Gasteiger partial charge in [-0.1, -0.05) is 19.0 Å². The normalized spacial score (nSPS) is 15.5. The van der Waals surface area contributed by atoms with Crippen LogP contribution < -0.4 is 5.73 Å². The second kappa shape index (κ2) is 6.62. The molecule has 2 heterocycles. The molecule has 0 aliphatic carbocycles. The summed E-state index contributed by atoms with van der Waals surface area (Å²) in [4.78, 5) is 39.4. The molecule has 1 saturated heterocycles. The van der Waals surface area contributed by atoms with E-state index in [1.54, 1.807) is 37.5 Å². The summed E-state index contributed by atoms with van der Waals surface area (Å²) in [6.45, 7) is 8.27. The lowest BCUT2D eigenvalue weighted by molar-refractivity contribution is -0.134. The summed E-state index contributed by atoms with van der Waals surface area (Å²) in [7, 11) is 0. The first-order valence-electron chi connectivity index (χ1n) is 7.80. The number of amides is 3. The molecule has 8 heteroatoms. The lowest BCUT2D eigenvalue weighted by Gasteiger charge is -2.35. The lowest BCUT2D eigenvalue weighted by atomic mass is 9.88. The number of carbonyl (C=O) groups excluding carboxylic acids is 3. The summed E-state index contributed by atoms with van der Waals surface area (Å²) in [5, 5.41) is 3.80. The fourth-order valence-electron chi connectivity index (χ4n) is 2.55. The number of nitrogens with two attached hydrogens (primary N) is 1. The molecule has 2 N–H and O–H groups in total. The van der Waals surface area contributed by atoms with E-state index < -0.39 is 11.3 Å². The summed E-state index contributed by atoms with van der Waals surface area (Å²) in [6.07, 6.45) is 1.33. The van der Waals surface area contributed by atoms with Gasteiger partial charge in [0.2, 0.25) is 11.8 Å². The molecule has 3 amide bonds. The van der Waals surface area contributed by atoms with Gasteiger partial charge in [0.15, 0.2) is 0 Å². The van der Waals surface area contributed by atoms with Gasteiger partial charge in [0.1, 0.15) is 11.3 Å². The highest BCUT2D eigenvalue weighted by molar-refractivity contribution is 5.97. The Morgan fingerprint density at radius 3 is 2.12 bits per heavy atom. The van der Waals surface area contributed by atoms with Gasteiger partial charge in [0.05, 0.1) is 17.5 Å². The van der Waals surface area contributed by atoms with Crippen LogP contribution in [0.25, 0.3) is 0 Å². The van der Waals surface area contributed by atoms with Crippen molar-refractivity contribution in [3.63, 3.8) is 0 Å². The summed E-state index contributed by atoms with van der Waals surface area (Å²) in [5.74, 6) is -0.446. The number of nitrogens with zero attached hydrogens (tertiary/aromatic N) is 3. The Kier molecular flexibility index (Phi) is 4.96. The fraction of sp³-hybridized carbons (Fsp3) is 0.562. The molecule has 1 radical (unpaired) electrons. The van der Waals surface area contributed by atoms with E-state index in [4.69, 9.17) is 10.3 Å². The zero-order valence-corrected chi connectivity index (χ0v) is 14.5. The van der Waals surface area contributed by atoms with Crippen LogP contribution in [0.2, 0.25) is 0 Å². The Morgan fingerprint density at radius 1 is 1.12 bits per heavy atom. The average Bonchev–Trinajstić information content (AvgIpc) is 2.85. The van der Waals surface area contributed by atoms with E-state index in [0.717, 1.165) is 0 Å². The van der Waals surface area contributed by atoms with Gasteiger partial charge >= 0.3 is 0 Å². The van der Waals surface area contributed by atoms with Crippen LogP contribution in [0.4, 0.5) is 0 Å². The van der Waals surface area contributed by atoms with Gasteiger partial charge in [-0.05, 0) is 13.8 Å². The van der Waals surface area contributed by atoms with Gasteiger partial charge < -0.3 is 20.1 Å². The molecule has 0 bridgehead atoms. The molecule has 24 heavy (non-hydrogen) atoms. The van der Waals surface area contributed by atoms with E-state index in [1.165, 1.54) is 6.42 Å². The number of rotatable bonds is 4. The molecule has 1 aromatic heterocycles. The van der Waals surface area contributed by atoms with E-state index in [9.17, 15) is 14.4 Å². The number of aryl methyl sites for hydroxylation is 2. The number of hydrogen-bond acceptors (Lipinski definition) is 5. The van der Waals surface area contributed by atoms with E-state index in [0.29, 0.717) is 43.2 Å². The molecule has 131 valence electrons. The SMILES string of the molecule is Cc1noc(C)c1C(=O)N1CCN(C(=O)[CH]C(C)(C)C(N)=O)CC1. The maximum Gasteiger partial charge on any atom is 0.259 e. The summed E-state index contributed by atoms with van der Waals surface area (Å²) >= 11 is 0. The van der Waals surface area contributed by atoms with Crippen LogP contribution in [0.5, 0.6) is 0 Å². The lowest BCUT2D eigenvalue weighted by Crippen LogP contribution is -2.52. The highest BCUT2D eigenvalue weighted by Crippen LogP contribution is 2.21. The fourth-order valence-corrected chi connectivity index (χ4v) is 2.55. The molecule has 2 rings (SSSR count).